The lowest BCUT2D eigenvalue weighted by atomic mass is 10.2. The molecule has 0 atom stereocenters. The van der Waals surface area contributed by atoms with Crippen molar-refractivity contribution in [3.05, 3.63) is 33.1 Å². The Hall–Kier alpha value is -1.36. The van der Waals surface area contributed by atoms with Crippen molar-refractivity contribution in [3.63, 3.8) is 0 Å². The second-order valence-corrected chi connectivity index (χ2v) is 4.23. The number of aromatic amines is 1. The summed E-state index contributed by atoms with van der Waals surface area (Å²) in [4.78, 5) is 25.0. The fourth-order valence-electron chi connectivity index (χ4n) is 1.11. The van der Waals surface area contributed by atoms with Gasteiger partial charge in [0.15, 0.2) is 0 Å². The van der Waals surface area contributed by atoms with Crippen molar-refractivity contribution >= 4 is 0 Å². The average molecular weight is 212 g/mol. The molecule has 5 nitrogen and oxygen atoms in total. The normalized spacial score (nSPS) is 11.7. The van der Waals surface area contributed by atoms with Gasteiger partial charge < -0.3 is 9.72 Å². The molecule has 1 aromatic rings. The van der Waals surface area contributed by atoms with Crippen molar-refractivity contribution in [3.8, 4) is 0 Å². The van der Waals surface area contributed by atoms with Crippen LogP contribution in [-0.2, 0) is 11.3 Å². The van der Waals surface area contributed by atoms with Crippen LogP contribution >= 0.6 is 0 Å². The molecule has 15 heavy (non-hydrogen) atoms. The lowest BCUT2D eigenvalue weighted by molar-refractivity contribution is -0.00752. The molecule has 0 aliphatic heterocycles. The number of hydrogen-bond acceptors (Lipinski definition) is 3. The monoisotopic (exact) mass is 212 g/mol. The van der Waals surface area contributed by atoms with Crippen LogP contribution in [0.5, 0.6) is 0 Å². The molecule has 1 heterocycles. The third kappa shape index (κ3) is 3.71. The fourth-order valence-corrected chi connectivity index (χ4v) is 1.11. The Balaban J connectivity index is 2.67. The van der Waals surface area contributed by atoms with Gasteiger partial charge in [-0.3, -0.25) is 9.36 Å². The second-order valence-electron chi connectivity index (χ2n) is 4.23. The fraction of sp³-hybridized carbons (Fsp3) is 0.600. The van der Waals surface area contributed by atoms with Gasteiger partial charge in [0, 0.05) is 12.3 Å². The third-order valence-electron chi connectivity index (χ3n) is 1.79. The predicted molar refractivity (Wildman–Crippen MR) is 57.0 cm³/mol. The number of aromatic nitrogens is 2. The van der Waals surface area contributed by atoms with Crippen LogP contribution in [0.2, 0.25) is 0 Å². The molecule has 0 unspecified atom stereocenters. The molecule has 1 N–H and O–H groups in total. The highest BCUT2D eigenvalue weighted by Crippen LogP contribution is 2.05. The zero-order valence-electron chi connectivity index (χ0n) is 9.24. The first kappa shape index (κ1) is 11.7. The highest BCUT2D eigenvalue weighted by molar-refractivity contribution is 4.82. The van der Waals surface area contributed by atoms with Gasteiger partial charge in [-0.25, -0.2) is 4.79 Å². The maximum absolute atomic E-state index is 11.3. The Bertz CT molecular complexity index is 397. The van der Waals surface area contributed by atoms with E-state index in [0.717, 1.165) is 4.57 Å². The van der Waals surface area contributed by atoms with Gasteiger partial charge in [-0.1, -0.05) is 0 Å². The summed E-state index contributed by atoms with van der Waals surface area (Å²) in [7, 11) is 0. The molecule has 0 aliphatic carbocycles. The van der Waals surface area contributed by atoms with Crippen molar-refractivity contribution < 1.29 is 4.74 Å². The lowest BCUT2D eigenvalue weighted by Gasteiger charge is -2.19. The summed E-state index contributed by atoms with van der Waals surface area (Å²) < 4.78 is 6.55. The predicted octanol–water partition coefficient (Wildman–Crippen LogP) is 0.352. The molecule has 0 spiro atoms. The second kappa shape index (κ2) is 4.44. The molecule has 0 fully saturated rings. The minimum Gasteiger partial charge on any atom is -0.374 e. The van der Waals surface area contributed by atoms with E-state index in [1.54, 1.807) is 0 Å². The van der Waals surface area contributed by atoms with Crippen LogP contribution in [0.25, 0.3) is 0 Å². The summed E-state index contributed by atoms with van der Waals surface area (Å²) in [6.45, 7) is 6.38. The molecule has 0 aromatic carbocycles. The van der Waals surface area contributed by atoms with E-state index in [1.807, 2.05) is 20.8 Å². The van der Waals surface area contributed by atoms with Crippen LogP contribution in [0.3, 0.4) is 0 Å². The number of nitrogens with zero attached hydrogens (tertiary/aromatic N) is 1. The number of ether oxygens (including phenoxy) is 1. The van der Waals surface area contributed by atoms with Crippen LogP contribution in [-0.4, -0.2) is 21.8 Å². The molecule has 0 saturated heterocycles. The SMILES string of the molecule is CC(C)(C)OCCn1c(=O)cc[nH]c1=O. The quantitative estimate of drug-likeness (QED) is 0.786. The van der Waals surface area contributed by atoms with Gasteiger partial charge in [-0.2, -0.15) is 0 Å². The highest BCUT2D eigenvalue weighted by Gasteiger charge is 2.10. The van der Waals surface area contributed by atoms with E-state index in [1.165, 1.54) is 12.3 Å². The van der Waals surface area contributed by atoms with E-state index >= 15 is 0 Å². The first-order valence-electron chi connectivity index (χ1n) is 4.83. The first-order valence-corrected chi connectivity index (χ1v) is 4.83. The van der Waals surface area contributed by atoms with Crippen LogP contribution in [0.15, 0.2) is 21.9 Å². The van der Waals surface area contributed by atoms with Gasteiger partial charge in [-0.15, -0.1) is 0 Å². The molecule has 84 valence electrons. The topological polar surface area (TPSA) is 64.1 Å². The highest BCUT2D eigenvalue weighted by atomic mass is 16.5. The summed E-state index contributed by atoms with van der Waals surface area (Å²) in [6, 6.07) is 1.32. The van der Waals surface area contributed by atoms with Gasteiger partial charge in [0.1, 0.15) is 0 Å². The van der Waals surface area contributed by atoms with Crippen LogP contribution in [0, 0.1) is 0 Å². The van der Waals surface area contributed by atoms with Crippen molar-refractivity contribution in [2.75, 3.05) is 6.61 Å². The van der Waals surface area contributed by atoms with E-state index in [-0.39, 0.29) is 17.7 Å². The van der Waals surface area contributed by atoms with E-state index in [0.29, 0.717) is 6.61 Å². The van der Waals surface area contributed by atoms with Gasteiger partial charge >= 0.3 is 5.69 Å². The summed E-state index contributed by atoms with van der Waals surface area (Å²) in [5.41, 5.74) is -0.971. The lowest BCUT2D eigenvalue weighted by Crippen LogP contribution is -2.36. The maximum Gasteiger partial charge on any atom is 0.328 e. The Morgan fingerprint density at radius 2 is 2.07 bits per heavy atom. The van der Waals surface area contributed by atoms with Crippen LogP contribution in [0.4, 0.5) is 0 Å². The largest absolute Gasteiger partial charge is 0.374 e. The summed E-state index contributed by atoms with van der Waals surface area (Å²) in [5, 5.41) is 0. The standard InChI is InChI=1S/C10H16N2O3/c1-10(2,3)15-7-6-12-8(13)4-5-11-9(12)14/h4-5H,6-7H2,1-3H3,(H,11,14). The van der Waals surface area contributed by atoms with E-state index in [9.17, 15) is 9.59 Å². The van der Waals surface area contributed by atoms with Gasteiger partial charge in [-0.05, 0) is 20.8 Å². The van der Waals surface area contributed by atoms with Gasteiger partial charge in [0.25, 0.3) is 5.56 Å². The number of rotatable bonds is 3. The molecule has 0 bridgehead atoms. The third-order valence-corrected chi connectivity index (χ3v) is 1.79. The Morgan fingerprint density at radius 1 is 1.40 bits per heavy atom. The Kier molecular flexibility index (Phi) is 3.47. The molecule has 5 heteroatoms. The van der Waals surface area contributed by atoms with E-state index < -0.39 is 5.69 Å². The van der Waals surface area contributed by atoms with Crippen molar-refractivity contribution in [1.82, 2.24) is 9.55 Å². The summed E-state index contributed by atoms with van der Waals surface area (Å²) >= 11 is 0. The number of hydrogen-bond donors (Lipinski definition) is 1. The van der Waals surface area contributed by atoms with Gasteiger partial charge in [0.2, 0.25) is 0 Å². The van der Waals surface area contributed by atoms with Gasteiger partial charge in [0.05, 0.1) is 18.8 Å². The zero-order chi connectivity index (χ0) is 11.5. The molecule has 0 radical (unpaired) electrons. The Morgan fingerprint density at radius 3 is 2.60 bits per heavy atom. The van der Waals surface area contributed by atoms with E-state index in [4.69, 9.17) is 4.74 Å². The average Bonchev–Trinajstić information content (AvgIpc) is 2.08. The molecular formula is C10H16N2O3. The maximum atomic E-state index is 11.3. The van der Waals surface area contributed by atoms with Crippen LogP contribution in [0.1, 0.15) is 20.8 Å². The van der Waals surface area contributed by atoms with E-state index in [2.05, 4.69) is 4.98 Å². The molecule has 0 amide bonds. The molecule has 1 rings (SSSR count). The smallest absolute Gasteiger partial charge is 0.328 e. The molecule has 0 saturated carbocycles. The minimum absolute atomic E-state index is 0.259. The Labute approximate surface area is 87.7 Å². The van der Waals surface area contributed by atoms with Crippen LogP contribution < -0.4 is 11.2 Å². The first-order chi connectivity index (χ1) is 6.90. The van der Waals surface area contributed by atoms with Crippen molar-refractivity contribution in [1.29, 1.82) is 0 Å². The minimum atomic E-state index is -0.403. The number of H-pyrrole nitrogens is 1. The zero-order valence-corrected chi connectivity index (χ0v) is 9.24. The van der Waals surface area contributed by atoms with Crippen molar-refractivity contribution in [2.24, 2.45) is 0 Å². The number of nitrogens with one attached hydrogen (secondary N) is 1. The molecule has 1 aromatic heterocycles. The summed E-state index contributed by atoms with van der Waals surface area (Å²) in [6.07, 6.45) is 1.34. The molecule has 0 aliphatic rings. The van der Waals surface area contributed by atoms with Crippen molar-refractivity contribution in [2.45, 2.75) is 32.9 Å². The molecular weight excluding hydrogens is 196 g/mol. The summed E-state index contributed by atoms with van der Waals surface area (Å²) in [5.74, 6) is 0.